The van der Waals surface area contributed by atoms with Gasteiger partial charge in [0, 0.05) is 30.0 Å². The van der Waals surface area contributed by atoms with Gasteiger partial charge in [-0.15, -0.1) is 0 Å². The molecule has 0 aliphatic carbocycles. The fourth-order valence-corrected chi connectivity index (χ4v) is 4.45. The Hall–Kier alpha value is -2.36. The van der Waals surface area contributed by atoms with Crippen molar-refractivity contribution in [1.29, 1.82) is 5.26 Å². The van der Waals surface area contributed by atoms with Gasteiger partial charge in [0.05, 0.1) is 17.1 Å². The van der Waals surface area contributed by atoms with Crippen LogP contribution in [0.3, 0.4) is 0 Å². The van der Waals surface area contributed by atoms with Crippen molar-refractivity contribution in [1.82, 2.24) is 14.5 Å². The number of amides is 1. The van der Waals surface area contributed by atoms with Gasteiger partial charge in [0.2, 0.25) is 5.91 Å². The minimum Gasteiger partial charge on any atom is -0.332 e. The zero-order valence-electron chi connectivity index (χ0n) is 15.8. The molecule has 1 aromatic heterocycles. The highest BCUT2D eigenvalue weighted by molar-refractivity contribution is 6.32. The highest BCUT2D eigenvalue weighted by atomic mass is 35.5. The van der Waals surface area contributed by atoms with Crippen molar-refractivity contribution in [3.63, 3.8) is 0 Å². The maximum absolute atomic E-state index is 12.4. The maximum Gasteiger partial charge on any atom is 0.238 e. The van der Waals surface area contributed by atoms with Gasteiger partial charge < -0.3 is 9.88 Å². The molecule has 0 radical (unpaired) electrons. The summed E-state index contributed by atoms with van der Waals surface area (Å²) in [5.74, 6) is 1.67. The van der Waals surface area contributed by atoms with Crippen LogP contribution < -0.4 is 5.32 Å². The van der Waals surface area contributed by atoms with Crippen LogP contribution in [-0.4, -0.2) is 40.0 Å². The van der Waals surface area contributed by atoms with Crippen molar-refractivity contribution in [3.05, 3.63) is 46.5 Å². The van der Waals surface area contributed by atoms with E-state index in [2.05, 4.69) is 21.0 Å². The van der Waals surface area contributed by atoms with Crippen molar-refractivity contribution in [3.8, 4) is 6.07 Å². The summed E-state index contributed by atoms with van der Waals surface area (Å²) < 4.78 is 2.42. The molecular formula is C21H24ClN5O. The monoisotopic (exact) mass is 397 g/mol. The Bertz CT molecular complexity index is 908. The number of carbonyl (C=O) groups excluding carboxylic acids is 1. The summed E-state index contributed by atoms with van der Waals surface area (Å²) in [7, 11) is 0. The van der Waals surface area contributed by atoms with Crippen LogP contribution in [0, 0.1) is 11.3 Å². The Kier molecular flexibility index (Phi) is 5.65. The molecule has 0 spiro atoms. The Morgan fingerprint density at radius 1 is 1.29 bits per heavy atom. The molecule has 2 aliphatic rings. The van der Waals surface area contributed by atoms with Gasteiger partial charge in [-0.2, -0.15) is 5.26 Å². The fraction of sp³-hybridized carbons (Fsp3) is 0.476. The molecule has 0 atom stereocenters. The molecule has 1 aromatic carbocycles. The normalized spacial score (nSPS) is 17.7. The molecule has 7 heteroatoms. The first-order valence-corrected chi connectivity index (χ1v) is 10.3. The number of rotatable bonds is 4. The number of anilines is 1. The third-order valence-electron chi connectivity index (χ3n) is 5.73. The number of nitriles is 1. The van der Waals surface area contributed by atoms with Gasteiger partial charge in [-0.3, -0.25) is 9.69 Å². The van der Waals surface area contributed by atoms with E-state index in [4.69, 9.17) is 21.8 Å². The van der Waals surface area contributed by atoms with E-state index in [-0.39, 0.29) is 5.91 Å². The second-order valence-corrected chi connectivity index (χ2v) is 8.03. The third-order valence-corrected chi connectivity index (χ3v) is 6.04. The van der Waals surface area contributed by atoms with Gasteiger partial charge in [0.1, 0.15) is 11.9 Å². The van der Waals surface area contributed by atoms with E-state index in [1.807, 2.05) is 6.07 Å². The predicted octanol–water partition coefficient (Wildman–Crippen LogP) is 3.56. The molecule has 0 bridgehead atoms. The molecule has 1 fully saturated rings. The molecule has 0 unspecified atom stereocenters. The Balaban J connectivity index is 1.30. The number of fused-ring (bicyclic) bond motifs is 1. The number of hydrogen-bond acceptors (Lipinski definition) is 4. The molecule has 6 nitrogen and oxygen atoms in total. The van der Waals surface area contributed by atoms with Crippen molar-refractivity contribution >= 4 is 23.2 Å². The molecule has 2 aromatic rings. The Morgan fingerprint density at radius 3 is 2.86 bits per heavy atom. The highest BCUT2D eigenvalue weighted by Crippen LogP contribution is 2.30. The number of aromatic nitrogens is 2. The topological polar surface area (TPSA) is 74.0 Å². The third kappa shape index (κ3) is 4.06. The summed E-state index contributed by atoms with van der Waals surface area (Å²) >= 11 is 6.03. The number of piperidine rings is 1. The van der Waals surface area contributed by atoms with Gasteiger partial charge in [-0.05, 0) is 63.4 Å². The fourth-order valence-electron chi connectivity index (χ4n) is 4.22. The van der Waals surface area contributed by atoms with Gasteiger partial charge in [-0.1, -0.05) is 11.6 Å². The van der Waals surface area contributed by atoms with Gasteiger partial charge in [0.25, 0.3) is 0 Å². The molecule has 3 heterocycles. The largest absolute Gasteiger partial charge is 0.332 e. The predicted molar refractivity (Wildman–Crippen MR) is 108 cm³/mol. The number of imidazole rings is 1. The minimum atomic E-state index is -0.0579. The van der Waals surface area contributed by atoms with Crippen molar-refractivity contribution in [2.75, 3.05) is 25.0 Å². The lowest BCUT2D eigenvalue weighted by atomic mass is 9.95. The molecule has 1 saturated heterocycles. The highest BCUT2D eigenvalue weighted by Gasteiger charge is 2.26. The van der Waals surface area contributed by atoms with E-state index in [1.54, 1.807) is 18.2 Å². The molecular weight excluding hydrogens is 374 g/mol. The number of halogens is 1. The zero-order chi connectivity index (χ0) is 19.5. The second-order valence-electron chi connectivity index (χ2n) is 7.62. The lowest BCUT2D eigenvalue weighted by Crippen LogP contribution is -2.39. The number of likely N-dealkylation sites (tertiary alicyclic amines) is 1. The Labute approximate surface area is 170 Å². The first-order valence-electron chi connectivity index (χ1n) is 9.90. The smallest absolute Gasteiger partial charge is 0.238 e. The van der Waals surface area contributed by atoms with Crippen LogP contribution in [0.2, 0.25) is 5.02 Å². The average Bonchev–Trinajstić information content (AvgIpc) is 3.13. The molecule has 2 aliphatic heterocycles. The number of hydrogen-bond donors (Lipinski definition) is 1. The van der Waals surface area contributed by atoms with Crippen molar-refractivity contribution < 1.29 is 4.79 Å². The quantitative estimate of drug-likeness (QED) is 0.855. The van der Waals surface area contributed by atoms with E-state index in [0.29, 0.717) is 28.7 Å². The summed E-state index contributed by atoms with van der Waals surface area (Å²) in [6, 6.07) is 6.96. The summed E-state index contributed by atoms with van der Waals surface area (Å²) in [5.41, 5.74) is 2.40. The number of nitrogens with zero attached hydrogens (tertiary/aromatic N) is 4. The van der Waals surface area contributed by atoms with Crippen LogP contribution in [0.4, 0.5) is 5.69 Å². The Morgan fingerprint density at radius 2 is 2.11 bits per heavy atom. The van der Waals surface area contributed by atoms with Crippen LogP contribution in [-0.2, 0) is 17.8 Å². The van der Waals surface area contributed by atoms with Gasteiger partial charge in [0.15, 0.2) is 0 Å². The van der Waals surface area contributed by atoms with Crippen LogP contribution in [0.5, 0.6) is 0 Å². The van der Waals surface area contributed by atoms with E-state index < -0.39 is 0 Å². The van der Waals surface area contributed by atoms with Crippen LogP contribution in [0.1, 0.15) is 48.7 Å². The number of carbonyl (C=O) groups is 1. The maximum atomic E-state index is 12.4. The average molecular weight is 398 g/mol. The lowest BCUT2D eigenvalue weighted by molar-refractivity contribution is -0.117. The molecule has 1 N–H and O–H groups in total. The van der Waals surface area contributed by atoms with E-state index in [9.17, 15) is 4.79 Å². The van der Waals surface area contributed by atoms with Crippen LogP contribution >= 0.6 is 11.6 Å². The second kappa shape index (κ2) is 8.34. The van der Waals surface area contributed by atoms with E-state index >= 15 is 0 Å². The SMILES string of the molecule is N#Cc1ccc(NC(=O)CN2CCC(c3ncc4n3CCCC4)CC2)cc1Cl. The minimum absolute atomic E-state index is 0.0579. The summed E-state index contributed by atoms with van der Waals surface area (Å²) in [6.07, 6.45) is 7.78. The van der Waals surface area contributed by atoms with Gasteiger partial charge >= 0.3 is 0 Å². The summed E-state index contributed by atoms with van der Waals surface area (Å²) in [4.78, 5) is 19.3. The zero-order valence-corrected chi connectivity index (χ0v) is 16.6. The molecule has 0 saturated carbocycles. The number of benzene rings is 1. The van der Waals surface area contributed by atoms with Crippen molar-refractivity contribution in [2.24, 2.45) is 0 Å². The first-order chi connectivity index (χ1) is 13.6. The van der Waals surface area contributed by atoms with Crippen molar-refractivity contribution in [2.45, 2.75) is 44.6 Å². The van der Waals surface area contributed by atoms with Crippen LogP contribution in [0.15, 0.2) is 24.4 Å². The van der Waals surface area contributed by atoms with Crippen LogP contribution in [0.25, 0.3) is 0 Å². The lowest BCUT2D eigenvalue weighted by Gasteiger charge is -2.32. The first kappa shape index (κ1) is 19.0. The molecule has 146 valence electrons. The van der Waals surface area contributed by atoms with Gasteiger partial charge in [-0.25, -0.2) is 4.98 Å². The molecule has 28 heavy (non-hydrogen) atoms. The summed E-state index contributed by atoms with van der Waals surface area (Å²) in [5, 5.41) is 12.1. The van der Waals surface area contributed by atoms with E-state index in [1.165, 1.54) is 24.4 Å². The number of aryl methyl sites for hydroxylation is 1. The molecule has 1 amide bonds. The summed E-state index contributed by atoms with van der Waals surface area (Å²) in [6.45, 7) is 3.26. The number of nitrogens with one attached hydrogen (secondary N) is 1. The molecule has 4 rings (SSSR count). The van der Waals surface area contributed by atoms with E-state index in [0.717, 1.165) is 38.9 Å². The standard InChI is InChI=1S/C21H24ClN5O/c22-19-11-17(5-4-16(19)12-23)25-20(28)14-26-9-6-15(7-10-26)21-24-13-18-3-1-2-8-27(18)21/h4-5,11,13,15H,1-3,6-10,14H2,(H,25,28).